The molecule has 1 fully saturated rings. The topological polar surface area (TPSA) is 90.1 Å². The van der Waals surface area contributed by atoms with Gasteiger partial charge in [-0.3, -0.25) is 14.7 Å². The number of carbonyl (C=O) groups is 2. The SMILES string of the molecule is O=C(CNC(=O)c1n[nH]c2c1CCCC2)Nc1ccc(N2CCCCC2)cc1. The van der Waals surface area contributed by atoms with Crippen LogP contribution in [0.25, 0.3) is 0 Å². The van der Waals surface area contributed by atoms with Gasteiger partial charge in [-0.2, -0.15) is 5.10 Å². The molecule has 1 saturated heterocycles. The summed E-state index contributed by atoms with van der Waals surface area (Å²) in [6.45, 7) is 2.11. The number of benzene rings is 1. The number of aromatic nitrogens is 2. The van der Waals surface area contributed by atoms with Gasteiger partial charge in [-0.25, -0.2) is 0 Å². The van der Waals surface area contributed by atoms with Gasteiger partial charge in [0.25, 0.3) is 5.91 Å². The van der Waals surface area contributed by atoms with E-state index in [0.29, 0.717) is 5.69 Å². The molecule has 0 bridgehead atoms. The molecular formula is C21H27N5O2. The van der Waals surface area contributed by atoms with E-state index >= 15 is 0 Å². The average molecular weight is 381 g/mol. The Morgan fingerprint density at radius 2 is 1.75 bits per heavy atom. The fourth-order valence-electron chi connectivity index (χ4n) is 4.03. The third kappa shape index (κ3) is 4.18. The molecule has 0 unspecified atom stereocenters. The van der Waals surface area contributed by atoms with E-state index in [4.69, 9.17) is 0 Å². The lowest BCUT2D eigenvalue weighted by Crippen LogP contribution is -2.33. The van der Waals surface area contributed by atoms with Crippen molar-refractivity contribution >= 4 is 23.2 Å². The molecule has 148 valence electrons. The number of piperidine rings is 1. The van der Waals surface area contributed by atoms with Gasteiger partial charge in [0, 0.05) is 35.7 Å². The van der Waals surface area contributed by atoms with Gasteiger partial charge in [0.1, 0.15) is 0 Å². The molecule has 7 heteroatoms. The zero-order chi connectivity index (χ0) is 19.3. The third-order valence-corrected chi connectivity index (χ3v) is 5.55. The number of carbonyl (C=O) groups excluding carboxylic acids is 2. The van der Waals surface area contributed by atoms with Crippen molar-refractivity contribution in [1.29, 1.82) is 0 Å². The Morgan fingerprint density at radius 3 is 2.54 bits per heavy atom. The van der Waals surface area contributed by atoms with E-state index in [1.165, 1.54) is 24.9 Å². The van der Waals surface area contributed by atoms with Crippen LogP contribution in [0, 0.1) is 0 Å². The van der Waals surface area contributed by atoms with Crippen LogP contribution in [0.1, 0.15) is 53.8 Å². The van der Waals surface area contributed by atoms with Gasteiger partial charge in [-0.1, -0.05) is 0 Å². The number of anilines is 2. The highest BCUT2D eigenvalue weighted by atomic mass is 16.2. The van der Waals surface area contributed by atoms with E-state index in [1.54, 1.807) is 0 Å². The minimum atomic E-state index is -0.296. The zero-order valence-electron chi connectivity index (χ0n) is 16.1. The van der Waals surface area contributed by atoms with E-state index in [2.05, 4.69) is 25.7 Å². The molecule has 2 aromatic rings. The van der Waals surface area contributed by atoms with Crippen LogP contribution < -0.4 is 15.5 Å². The van der Waals surface area contributed by atoms with Crippen molar-refractivity contribution in [3.63, 3.8) is 0 Å². The van der Waals surface area contributed by atoms with Gasteiger partial charge < -0.3 is 15.5 Å². The number of hydrogen-bond donors (Lipinski definition) is 3. The second-order valence-corrected chi connectivity index (χ2v) is 7.56. The fraction of sp³-hybridized carbons (Fsp3) is 0.476. The van der Waals surface area contributed by atoms with Crippen LogP contribution in [0.2, 0.25) is 0 Å². The summed E-state index contributed by atoms with van der Waals surface area (Å²) in [5.74, 6) is -0.543. The summed E-state index contributed by atoms with van der Waals surface area (Å²) in [4.78, 5) is 26.9. The van der Waals surface area contributed by atoms with Crippen molar-refractivity contribution in [3.05, 3.63) is 41.2 Å². The van der Waals surface area contributed by atoms with Gasteiger partial charge in [0.15, 0.2) is 5.69 Å². The van der Waals surface area contributed by atoms with Gasteiger partial charge in [0.05, 0.1) is 6.54 Å². The zero-order valence-corrected chi connectivity index (χ0v) is 16.1. The highest BCUT2D eigenvalue weighted by Gasteiger charge is 2.22. The minimum absolute atomic E-state index is 0.0751. The van der Waals surface area contributed by atoms with E-state index in [1.807, 2.05) is 24.3 Å². The normalized spacial score (nSPS) is 16.4. The molecule has 7 nitrogen and oxygen atoms in total. The second-order valence-electron chi connectivity index (χ2n) is 7.56. The van der Waals surface area contributed by atoms with Crippen molar-refractivity contribution in [2.45, 2.75) is 44.9 Å². The first-order chi connectivity index (χ1) is 13.7. The number of rotatable bonds is 5. The maximum absolute atomic E-state index is 12.4. The number of amides is 2. The van der Waals surface area contributed by atoms with E-state index in [9.17, 15) is 9.59 Å². The highest BCUT2D eigenvalue weighted by molar-refractivity contribution is 5.99. The predicted molar refractivity (Wildman–Crippen MR) is 109 cm³/mol. The first kappa shape index (κ1) is 18.5. The minimum Gasteiger partial charge on any atom is -0.372 e. The number of H-pyrrole nitrogens is 1. The fourth-order valence-corrected chi connectivity index (χ4v) is 4.03. The highest BCUT2D eigenvalue weighted by Crippen LogP contribution is 2.23. The number of nitrogens with one attached hydrogen (secondary N) is 3. The van der Waals surface area contributed by atoms with Crippen LogP contribution in [0.4, 0.5) is 11.4 Å². The van der Waals surface area contributed by atoms with Gasteiger partial charge in [0.2, 0.25) is 5.91 Å². The standard InChI is InChI=1S/C21H27N5O2/c27-19(14-22-21(28)20-17-6-2-3-7-18(17)24-25-20)23-15-8-10-16(11-9-15)26-12-4-1-5-13-26/h8-11H,1-7,12-14H2,(H,22,28)(H,23,27)(H,24,25). The first-order valence-electron chi connectivity index (χ1n) is 10.2. The molecule has 3 N–H and O–H groups in total. The van der Waals surface area contributed by atoms with E-state index in [-0.39, 0.29) is 18.4 Å². The molecule has 0 radical (unpaired) electrons. The Labute approximate surface area is 164 Å². The molecule has 2 amide bonds. The lowest BCUT2D eigenvalue weighted by molar-refractivity contribution is -0.115. The van der Waals surface area contributed by atoms with Crippen LogP contribution in [0.15, 0.2) is 24.3 Å². The predicted octanol–water partition coefficient (Wildman–Crippen LogP) is 2.65. The summed E-state index contributed by atoms with van der Waals surface area (Å²) < 4.78 is 0. The van der Waals surface area contributed by atoms with Crippen LogP contribution in [-0.2, 0) is 17.6 Å². The van der Waals surface area contributed by atoms with Crippen LogP contribution >= 0.6 is 0 Å². The lowest BCUT2D eigenvalue weighted by Gasteiger charge is -2.28. The maximum atomic E-state index is 12.4. The Bertz CT molecular complexity index is 837. The molecule has 0 atom stereocenters. The van der Waals surface area contributed by atoms with E-state index in [0.717, 1.165) is 55.7 Å². The molecule has 2 aliphatic rings. The molecular weight excluding hydrogens is 354 g/mol. The van der Waals surface area contributed by atoms with Crippen LogP contribution in [-0.4, -0.2) is 41.6 Å². The van der Waals surface area contributed by atoms with Gasteiger partial charge >= 0.3 is 0 Å². The number of nitrogens with zero attached hydrogens (tertiary/aromatic N) is 2. The Morgan fingerprint density at radius 1 is 1.00 bits per heavy atom. The molecule has 1 aliphatic carbocycles. The summed E-state index contributed by atoms with van der Waals surface area (Å²) in [6, 6.07) is 7.90. The van der Waals surface area contributed by atoms with Crippen molar-refractivity contribution < 1.29 is 9.59 Å². The summed E-state index contributed by atoms with van der Waals surface area (Å²) in [6.07, 6.45) is 7.76. The van der Waals surface area contributed by atoms with Crippen LogP contribution in [0.3, 0.4) is 0 Å². The Balaban J connectivity index is 1.28. The monoisotopic (exact) mass is 381 g/mol. The van der Waals surface area contributed by atoms with E-state index < -0.39 is 0 Å². The molecule has 1 aromatic carbocycles. The molecule has 1 aromatic heterocycles. The number of hydrogen-bond acceptors (Lipinski definition) is 4. The largest absolute Gasteiger partial charge is 0.372 e. The summed E-state index contributed by atoms with van der Waals surface area (Å²) >= 11 is 0. The quantitative estimate of drug-likeness (QED) is 0.743. The van der Waals surface area contributed by atoms with Gasteiger partial charge in [-0.05, 0) is 69.2 Å². The summed E-state index contributed by atoms with van der Waals surface area (Å²) in [5.41, 5.74) is 4.40. The van der Waals surface area contributed by atoms with Gasteiger partial charge in [-0.15, -0.1) is 0 Å². The smallest absolute Gasteiger partial charge is 0.272 e. The lowest BCUT2D eigenvalue weighted by atomic mass is 9.96. The first-order valence-corrected chi connectivity index (χ1v) is 10.2. The molecule has 0 saturated carbocycles. The average Bonchev–Trinajstić information content (AvgIpc) is 3.17. The van der Waals surface area contributed by atoms with Crippen molar-refractivity contribution in [1.82, 2.24) is 15.5 Å². The molecule has 0 spiro atoms. The molecule has 28 heavy (non-hydrogen) atoms. The molecule has 2 heterocycles. The summed E-state index contributed by atoms with van der Waals surface area (Å²) in [7, 11) is 0. The second kappa shape index (κ2) is 8.46. The Kier molecular flexibility index (Phi) is 5.60. The van der Waals surface area contributed by atoms with Crippen molar-refractivity contribution in [2.24, 2.45) is 0 Å². The number of aryl methyl sites for hydroxylation is 1. The van der Waals surface area contributed by atoms with Crippen LogP contribution in [0.5, 0.6) is 0 Å². The number of aromatic amines is 1. The summed E-state index contributed by atoms with van der Waals surface area (Å²) in [5, 5.41) is 12.6. The molecule has 1 aliphatic heterocycles. The maximum Gasteiger partial charge on any atom is 0.272 e. The number of fused-ring (bicyclic) bond motifs is 1. The third-order valence-electron chi connectivity index (χ3n) is 5.55. The molecule has 4 rings (SSSR count). The van der Waals surface area contributed by atoms with Crippen molar-refractivity contribution in [3.8, 4) is 0 Å². The van der Waals surface area contributed by atoms with Crippen molar-refractivity contribution in [2.75, 3.05) is 29.9 Å². The Hall–Kier alpha value is -2.83.